The fourth-order valence-electron chi connectivity index (χ4n) is 2.35. The van der Waals surface area contributed by atoms with Gasteiger partial charge in [-0.25, -0.2) is 17.2 Å². The summed E-state index contributed by atoms with van der Waals surface area (Å²) in [6.07, 6.45) is 0. The number of hydrogen-bond donors (Lipinski definition) is 2. The number of hydrogen-bond acceptors (Lipinski definition) is 3. The minimum absolute atomic E-state index is 0.00754. The van der Waals surface area contributed by atoms with Gasteiger partial charge in [0, 0.05) is 16.9 Å². The zero-order chi connectivity index (χ0) is 20.3. The van der Waals surface area contributed by atoms with Crippen LogP contribution >= 0.6 is 11.6 Å². The van der Waals surface area contributed by atoms with Gasteiger partial charge in [-0.2, -0.15) is 0 Å². The van der Waals surface area contributed by atoms with Gasteiger partial charge in [-0.15, -0.1) is 0 Å². The molecule has 0 aliphatic heterocycles. The largest absolute Gasteiger partial charge is 0.322 e. The smallest absolute Gasteiger partial charge is 0.263 e. The molecule has 9 heteroatoms. The van der Waals surface area contributed by atoms with Gasteiger partial charge >= 0.3 is 0 Å². The fourth-order valence-corrected chi connectivity index (χ4v) is 3.93. The van der Waals surface area contributed by atoms with E-state index in [1.54, 1.807) is 0 Å². The highest BCUT2D eigenvalue weighted by Gasteiger charge is 2.20. The lowest BCUT2D eigenvalue weighted by Crippen LogP contribution is -2.16. The van der Waals surface area contributed by atoms with Gasteiger partial charge in [0.05, 0.1) is 5.02 Å². The van der Waals surface area contributed by atoms with Gasteiger partial charge in [0.2, 0.25) is 0 Å². The second-order valence-corrected chi connectivity index (χ2v) is 7.78. The van der Waals surface area contributed by atoms with Crippen LogP contribution in [0.3, 0.4) is 0 Å². The molecule has 3 rings (SSSR count). The third-order valence-electron chi connectivity index (χ3n) is 3.66. The van der Waals surface area contributed by atoms with Crippen LogP contribution in [0.15, 0.2) is 71.6 Å². The standard InChI is InChI=1S/C19H13ClF2N2O3S/c20-17-9-4-12(19(25)23-16-3-1-2-14(22)11-16)10-18(17)28(26,27)24-15-7-5-13(21)6-8-15/h1-11,24H,(H,23,25). The Hall–Kier alpha value is -2.97. The van der Waals surface area contributed by atoms with Crippen molar-refractivity contribution in [1.29, 1.82) is 0 Å². The Balaban J connectivity index is 1.87. The van der Waals surface area contributed by atoms with Crippen LogP contribution in [0, 0.1) is 11.6 Å². The Bertz CT molecular complexity index is 1140. The van der Waals surface area contributed by atoms with Crippen LogP contribution in [0.4, 0.5) is 20.2 Å². The van der Waals surface area contributed by atoms with E-state index < -0.39 is 27.6 Å². The highest BCUT2D eigenvalue weighted by molar-refractivity contribution is 7.92. The van der Waals surface area contributed by atoms with E-state index in [1.807, 2.05) is 0 Å². The molecule has 144 valence electrons. The molecule has 1 amide bonds. The number of amides is 1. The molecule has 0 saturated heterocycles. The lowest BCUT2D eigenvalue weighted by Gasteiger charge is -2.11. The van der Waals surface area contributed by atoms with Crippen molar-refractivity contribution in [1.82, 2.24) is 0 Å². The molecule has 0 radical (unpaired) electrons. The third kappa shape index (κ3) is 4.65. The average Bonchev–Trinajstić information content (AvgIpc) is 2.63. The van der Waals surface area contributed by atoms with Crippen molar-refractivity contribution in [2.75, 3.05) is 10.0 Å². The van der Waals surface area contributed by atoms with E-state index in [0.717, 1.165) is 24.3 Å². The van der Waals surface area contributed by atoms with E-state index in [9.17, 15) is 22.0 Å². The van der Waals surface area contributed by atoms with Crippen LogP contribution < -0.4 is 10.0 Å². The Kier molecular flexibility index (Phi) is 5.62. The summed E-state index contributed by atoms with van der Waals surface area (Å²) in [5.41, 5.74) is 0.356. The summed E-state index contributed by atoms with van der Waals surface area (Å²) < 4.78 is 53.7. The summed E-state index contributed by atoms with van der Waals surface area (Å²) in [4.78, 5) is 12.0. The van der Waals surface area contributed by atoms with Gasteiger partial charge < -0.3 is 5.32 Å². The summed E-state index contributed by atoms with van der Waals surface area (Å²) >= 11 is 6.00. The first-order valence-corrected chi connectivity index (χ1v) is 9.75. The van der Waals surface area contributed by atoms with Gasteiger partial charge in [0.15, 0.2) is 0 Å². The van der Waals surface area contributed by atoms with Gasteiger partial charge in [-0.1, -0.05) is 17.7 Å². The molecule has 0 aliphatic rings. The Labute approximate surface area is 165 Å². The van der Waals surface area contributed by atoms with Crippen LogP contribution in [-0.4, -0.2) is 14.3 Å². The highest BCUT2D eigenvalue weighted by Crippen LogP contribution is 2.25. The average molecular weight is 423 g/mol. The molecule has 0 spiro atoms. The zero-order valence-corrected chi connectivity index (χ0v) is 15.7. The molecule has 0 fully saturated rings. The maximum absolute atomic E-state index is 13.2. The summed E-state index contributed by atoms with van der Waals surface area (Å²) in [6, 6.07) is 13.7. The molecule has 0 aromatic heterocycles. The van der Waals surface area contributed by atoms with Gasteiger partial charge in [-0.3, -0.25) is 9.52 Å². The number of halogens is 3. The molecule has 0 aliphatic carbocycles. The van der Waals surface area contributed by atoms with Crippen LogP contribution in [-0.2, 0) is 10.0 Å². The van der Waals surface area contributed by atoms with E-state index in [2.05, 4.69) is 10.0 Å². The first-order valence-electron chi connectivity index (χ1n) is 7.89. The molecule has 0 unspecified atom stereocenters. The monoisotopic (exact) mass is 422 g/mol. The predicted molar refractivity (Wildman–Crippen MR) is 103 cm³/mol. The van der Waals surface area contributed by atoms with E-state index in [-0.39, 0.29) is 26.9 Å². The van der Waals surface area contributed by atoms with E-state index in [0.29, 0.717) is 0 Å². The molecule has 0 saturated carbocycles. The Morgan fingerprint density at radius 2 is 1.57 bits per heavy atom. The Morgan fingerprint density at radius 3 is 2.25 bits per heavy atom. The molecular weight excluding hydrogens is 410 g/mol. The summed E-state index contributed by atoms with van der Waals surface area (Å²) in [5.74, 6) is -1.68. The topological polar surface area (TPSA) is 75.3 Å². The van der Waals surface area contributed by atoms with Crippen molar-refractivity contribution < 1.29 is 22.0 Å². The minimum Gasteiger partial charge on any atom is -0.322 e. The molecule has 2 N–H and O–H groups in total. The van der Waals surface area contributed by atoms with E-state index in [1.165, 1.54) is 42.5 Å². The molecule has 0 bridgehead atoms. The second kappa shape index (κ2) is 7.95. The number of sulfonamides is 1. The molecule has 0 atom stereocenters. The van der Waals surface area contributed by atoms with Crippen LogP contribution in [0.2, 0.25) is 5.02 Å². The number of benzene rings is 3. The quantitative estimate of drug-likeness (QED) is 0.627. The van der Waals surface area contributed by atoms with Gasteiger partial charge in [-0.05, 0) is 60.7 Å². The molecule has 0 heterocycles. The molecule has 28 heavy (non-hydrogen) atoms. The highest BCUT2D eigenvalue weighted by atomic mass is 35.5. The van der Waals surface area contributed by atoms with E-state index >= 15 is 0 Å². The maximum Gasteiger partial charge on any atom is 0.263 e. The molecule has 3 aromatic rings. The van der Waals surface area contributed by atoms with Crippen molar-refractivity contribution in [3.05, 3.63) is 89.0 Å². The zero-order valence-electron chi connectivity index (χ0n) is 14.1. The van der Waals surface area contributed by atoms with Crippen LogP contribution in [0.25, 0.3) is 0 Å². The van der Waals surface area contributed by atoms with Gasteiger partial charge in [0.1, 0.15) is 16.5 Å². The van der Waals surface area contributed by atoms with E-state index in [4.69, 9.17) is 11.6 Å². The third-order valence-corrected chi connectivity index (χ3v) is 5.52. The van der Waals surface area contributed by atoms with Crippen LogP contribution in [0.1, 0.15) is 10.4 Å². The molecule has 3 aromatic carbocycles. The lowest BCUT2D eigenvalue weighted by molar-refractivity contribution is 0.102. The number of nitrogens with one attached hydrogen (secondary N) is 2. The minimum atomic E-state index is -4.14. The SMILES string of the molecule is O=C(Nc1cccc(F)c1)c1ccc(Cl)c(S(=O)(=O)Nc2ccc(F)cc2)c1. The lowest BCUT2D eigenvalue weighted by atomic mass is 10.2. The Morgan fingerprint density at radius 1 is 0.857 bits per heavy atom. The number of rotatable bonds is 5. The number of carbonyl (C=O) groups excluding carboxylic acids is 1. The molecular formula is C19H13ClF2N2O3S. The summed E-state index contributed by atoms with van der Waals surface area (Å²) in [6.45, 7) is 0. The molecule has 5 nitrogen and oxygen atoms in total. The van der Waals surface area contributed by atoms with Crippen molar-refractivity contribution in [3.8, 4) is 0 Å². The first kappa shape index (κ1) is 19.8. The van der Waals surface area contributed by atoms with Crippen molar-refractivity contribution in [2.45, 2.75) is 4.90 Å². The fraction of sp³-hybridized carbons (Fsp3) is 0. The summed E-state index contributed by atoms with van der Waals surface area (Å²) in [5, 5.41) is 2.37. The van der Waals surface area contributed by atoms with Crippen LogP contribution in [0.5, 0.6) is 0 Å². The predicted octanol–water partition coefficient (Wildman–Crippen LogP) is 4.67. The first-order chi connectivity index (χ1) is 13.2. The van der Waals surface area contributed by atoms with Crippen molar-refractivity contribution in [2.24, 2.45) is 0 Å². The number of carbonyl (C=O) groups is 1. The van der Waals surface area contributed by atoms with Gasteiger partial charge in [0.25, 0.3) is 15.9 Å². The van der Waals surface area contributed by atoms with Crippen molar-refractivity contribution >= 4 is 38.9 Å². The normalized spacial score (nSPS) is 11.1. The second-order valence-electron chi connectivity index (χ2n) is 5.72. The maximum atomic E-state index is 13.2. The number of anilines is 2. The van der Waals surface area contributed by atoms with Crippen molar-refractivity contribution in [3.63, 3.8) is 0 Å². The summed E-state index contributed by atoms with van der Waals surface area (Å²) in [7, 11) is -4.14.